The third-order valence-corrected chi connectivity index (χ3v) is 12.4. The zero-order valence-electron chi connectivity index (χ0n) is 33.2. The molecular formula is C57H42N2. The summed E-state index contributed by atoms with van der Waals surface area (Å²) in [4.78, 5) is 2.39. The largest absolute Gasteiger partial charge is 0.310 e. The normalized spacial score (nSPS) is 12.7. The van der Waals surface area contributed by atoms with Crippen LogP contribution in [0.25, 0.3) is 72.0 Å². The minimum absolute atomic E-state index is 0.0857. The number of fused-ring (bicyclic) bond motifs is 6. The van der Waals surface area contributed by atoms with Crippen LogP contribution in [0.5, 0.6) is 0 Å². The number of para-hydroxylation sites is 3. The molecule has 0 unspecified atom stereocenters. The molecule has 0 fully saturated rings. The van der Waals surface area contributed by atoms with Crippen LogP contribution in [0.4, 0.5) is 17.1 Å². The van der Waals surface area contributed by atoms with Gasteiger partial charge in [-0.3, -0.25) is 0 Å². The molecule has 11 rings (SSSR count). The summed E-state index contributed by atoms with van der Waals surface area (Å²) in [6.45, 7) is 4.70. The Balaban J connectivity index is 1.01. The fourth-order valence-electron chi connectivity index (χ4n) is 9.48. The molecule has 1 aliphatic carbocycles. The van der Waals surface area contributed by atoms with E-state index in [4.69, 9.17) is 0 Å². The number of hydrogen-bond donors (Lipinski definition) is 0. The first-order valence-electron chi connectivity index (χ1n) is 20.5. The molecule has 0 amide bonds. The highest BCUT2D eigenvalue weighted by Gasteiger charge is 2.35. The van der Waals surface area contributed by atoms with Crippen LogP contribution in [-0.4, -0.2) is 4.57 Å². The van der Waals surface area contributed by atoms with Gasteiger partial charge in [0.25, 0.3) is 0 Å². The average Bonchev–Trinajstić information content (AvgIpc) is 3.75. The Bertz CT molecular complexity index is 3170. The van der Waals surface area contributed by atoms with Crippen LogP contribution in [0.3, 0.4) is 0 Å². The number of hydrogen-bond acceptors (Lipinski definition) is 1. The number of nitrogens with zero attached hydrogens (tertiary/aromatic N) is 2. The molecule has 0 aliphatic heterocycles. The maximum absolute atomic E-state index is 2.46. The van der Waals surface area contributed by atoms with Gasteiger partial charge in [-0.1, -0.05) is 172 Å². The predicted molar refractivity (Wildman–Crippen MR) is 249 cm³/mol. The first kappa shape index (κ1) is 34.8. The molecule has 0 N–H and O–H groups in total. The summed E-state index contributed by atoms with van der Waals surface area (Å²) in [7, 11) is 0. The second kappa shape index (κ2) is 13.9. The van der Waals surface area contributed by atoms with Crippen LogP contribution >= 0.6 is 0 Å². The molecule has 280 valence electrons. The molecule has 9 aromatic carbocycles. The Kier molecular flexibility index (Phi) is 8.20. The summed E-state index contributed by atoms with van der Waals surface area (Å²) < 4.78 is 2.46. The highest BCUT2D eigenvalue weighted by molar-refractivity contribution is 6.10. The topological polar surface area (TPSA) is 8.17 Å². The minimum Gasteiger partial charge on any atom is -0.310 e. The van der Waals surface area contributed by atoms with Crippen LogP contribution in [0, 0.1) is 0 Å². The molecule has 0 radical (unpaired) electrons. The molecule has 1 aromatic heterocycles. The summed E-state index contributed by atoms with van der Waals surface area (Å²) in [6, 6.07) is 79.8. The predicted octanol–water partition coefficient (Wildman–Crippen LogP) is 15.6. The van der Waals surface area contributed by atoms with Crippen molar-refractivity contribution in [3.05, 3.63) is 230 Å². The van der Waals surface area contributed by atoms with E-state index in [2.05, 4.69) is 242 Å². The smallest absolute Gasteiger partial charge is 0.0547 e. The third kappa shape index (κ3) is 5.79. The summed E-state index contributed by atoms with van der Waals surface area (Å²) in [5.41, 5.74) is 19.4. The van der Waals surface area contributed by atoms with E-state index in [1.54, 1.807) is 0 Å². The Labute approximate surface area is 345 Å². The first-order chi connectivity index (χ1) is 29.0. The molecule has 1 heterocycles. The summed E-state index contributed by atoms with van der Waals surface area (Å²) in [5.74, 6) is 0. The van der Waals surface area contributed by atoms with Crippen LogP contribution in [0.15, 0.2) is 218 Å². The monoisotopic (exact) mass is 754 g/mol. The van der Waals surface area contributed by atoms with Gasteiger partial charge in [0, 0.05) is 38.8 Å². The van der Waals surface area contributed by atoms with Gasteiger partial charge in [-0.05, 0) is 111 Å². The molecule has 59 heavy (non-hydrogen) atoms. The van der Waals surface area contributed by atoms with Gasteiger partial charge in [-0.2, -0.15) is 0 Å². The molecule has 0 atom stereocenters. The maximum atomic E-state index is 2.46. The van der Waals surface area contributed by atoms with Gasteiger partial charge in [-0.15, -0.1) is 0 Å². The second-order valence-electron chi connectivity index (χ2n) is 16.2. The van der Waals surface area contributed by atoms with Gasteiger partial charge in [0.05, 0.1) is 16.7 Å². The van der Waals surface area contributed by atoms with Gasteiger partial charge in [0.1, 0.15) is 0 Å². The molecule has 2 nitrogen and oxygen atoms in total. The van der Waals surface area contributed by atoms with Crippen LogP contribution in [0.1, 0.15) is 25.0 Å². The lowest BCUT2D eigenvalue weighted by Crippen LogP contribution is -2.16. The molecule has 2 heteroatoms. The number of aromatic nitrogens is 1. The Morgan fingerprint density at radius 1 is 0.339 bits per heavy atom. The van der Waals surface area contributed by atoms with Crippen molar-refractivity contribution in [2.75, 3.05) is 4.90 Å². The Hall–Kier alpha value is -7.42. The highest BCUT2D eigenvalue weighted by atomic mass is 15.1. The van der Waals surface area contributed by atoms with Crippen LogP contribution < -0.4 is 4.90 Å². The van der Waals surface area contributed by atoms with Gasteiger partial charge in [-0.25, -0.2) is 0 Å². The fourth-order valence-corrected chi connectivity index (χ4v) is 9.48. The van der Waals surface area contributed by atoms with E-state index in [0.29, 0.717) is 0 Å². The Morgan fingerprint density at radius 2 is 0.898 bits per heavy atom. The lowest BCUT2D eigenvalue weighted by atomic mass is 9.82. The molecule has 0 saturated carbocycles. The van der Waals surface area contributed by atoms with Crippen molar-refractivity contribution in [2.24, 2.45) is 0 Å². The quantitative estimate of drug-likeness (QED) is 0.157. The number of rotatable bonds is 7. The van der Waals surface area contributed by atoms with Crippen molar-refractivity contribution >= 4 is 38.9 Å². The van der Waals surface area contributed by atoms with Crippen molar-refractivity contribution in [2.45, 2.75) is 19.3 Å². The molecule has 0 spiro atoms. The maximum Gasteiger partial charge on any atom is 0.0547 e. The molecule has 0 saturated heterocycles. The van der Waals surface area contributed by atoms with Gasteiger partial charge in [0.2, 0.25) is 0 Å². The van der Waals surface area contributed by atoms with Crippen LogP contribution in [-0.2, 0) is 5.41 Å². The fraction of sp³-hybridized carbons (Fsp3) is 0.0526. The summed E-state index contributed by atoms with van der Waals surface area (Å²) in [5, 5.41) is 2.49. The minimum atomic E-state index is -0.0857. The van der Waals surface area contributed by atoms with Gasteiger partial charge >= 0.3 is 0 Å². The average molecular weight is 755 g/mol. The highest BCUT2D eigenvalue weighted by Crippen LogP contribution is 2.50. The molecular weight excluding hydrogens is 713 g/mol. The van der Waals surface area contributed by atoms with Crippen molar-refractivity contribution in [3.8, 4) is 50.2 Å². The Morgan fingerprint density at radius 3 is 1.71 bits per heavy atom. The van der Waals surface area contributed by atoms with Gasteiger partial charge < -0.3 is 9.47 Å². The van der Waals surface area contributed by atoms with Crippen molar-refractivity contribution in [1.29, 1.82) is 0 Å². The van der Waals surface area contributed by atoms with E-state index in [1.165, 1.54) is 77.4 Å². The van der Waals surface area contributed by atoms with E-state index in [-0.39, 0.29) is 5.41 Å². The molecule has 1 aliphatic rings. The molecule has 10 aromatic rings. The number of anilines is 3. The van der Waals surface area contributed by atoms with Crippen LogP contribution in [0.2, 0.25) is 0 Å². The lowest BCUT2D eigenvalue weighted by Gasteiger charge is -2.28. The first-order valence-corrected chi connectivity index (χ1v) is 20.5. The van der Waals surface area contributed by atoms with E-state index >= 15 is 0 Å². The number of benzene rings is 9. The van der Waals surface area contributed by atoms with E-state index < -0.39 is 0 Å². The van der Waals surface area contributed by atoms with Gasteiger partial charge in [0.15, 0.2) is 0 Å². The van der Waals surface area contributed by atoms with Crippen molar-refractivity contribution in [1.82, 2.24) is 4.57 Å². The summed E-state index contributed by atoms with van der Waals surface area (Å²) >= 11 is 0. The standard InChI is InChI=1S/C57H42N2/c1-57(2)52-25-12-9-23-48(52)49-35-33-46(38-53(49)57)58(44-20-7-4-8-21-44)45-31-28-40(29-32-45)47-22-10-13-26-54(47)59-55-27-14-11-24-50(55)51-34-30-43(37-56(51)59)42-19-15-18-41(36-42)39-16-5-3-6-17-39/h3-38H,1-2H3. The third-order valence-electron chi connectivity index (χ3n) is 12.4. The van der Waals surface area contributed by atoms with Crippen molar-refractivity contribution in [3.63, 3.8) is 0 Å². The van der Waals surface area contributed by atoms with E-state index in [0.717, 1.165) is 22.7 Å². The molecule has 0 bridgehead atoms. The zero-order valence-corrected chi connectivity index (χ0v) is 33.2. The lowest BCUT2D eigenvalue weighted by molar-refractivity contribution is 0.660. The van der Waals surface area contributed by atoms with E-state index in [9.17, 15) is 0 Å². The summed E-state index contributed by atoms with van der Waals surface area (Å²) in [6.07, 6.45) is 0. The SMILES string of the molecule is CC1(C)c2ccccc2-c2ccc(N(c3ccccc3)c3ccc(-c4ccccc4-n4c5ccccc5c5ccc(-c6cccc(-c7ccccc7)c6)cc54)cc3)cc21. The van der Waals surface area contributed by atoms with Crippen molar-refractivity contribution < 1.29 is 0 Å². The van der Waals surface area contributed by atoms with E-state index in [1.807, 2.05) is 0 Å². The second-order valence-corrected chi connectivity index (χ2v) is 16.2. The zero-order chi connectivity index (χ0) is 39.5.